The molecule has 0 radical (unpaired) electrons. The van der Waals surface area contributed by atoms with Gasteiger partial charge in [-0.25, -0.2) is 9.82 Å². The highest BCUT2D eigenvalue weighted by molar-refractivity contribution is 5.72. The second-order valence-electron chi connectivity index (χ2n) is 7.00. The SMILES string of the molecule is CCOC(=O)C1CCCN(CC2CNNC2c2ccc(OC)cc2F)C1. The van der Waals surface area contributed by atoms with Crippen molar-refractivity contribution in [3.63, 3.8) is 0 Å². The number of carbonyl (C=O) groups excluding carboxylic acids is 1. The number of methoxy groups -OCH3 is 1. The van der Waals surface area contributed by atoms with Crippen LogP contribution in [0.5, 0.6) is 5.75 Å². The fourth-order valence-electron chi connectivity index (χ4n) is 3.93. The first-order valence-corrected chi connectivity index (χ1v) is 9.33. The van der Waals surface area contributed by atoms with Crippen LogP contribution in [-0.2, 0) is 9.53 Å². The van der Waals surface area contributed by atoms with E-state index in [4.69, 9.17) is 9.47 Å². The molecular weight excluding hydrogens is 337 g/mol. The lowest BCUT2D eigenvalue weighted by Gasteiger charge is -2.34. The standard InChI is InChI=1S/C19H28FN3O3/c1-3-26-19(24)13-5-4-8-23(11-13)12-14-10-21-22-18(14)16-7-6-15(25-2)9-17(16)20/h6-7,9,13-14,18,21-22H,3-5,8,10-12H2,1-2H3. The molecule has 2 heterocycles. The van der Waals surface area contributed by atoms with Gasteiger partial charge in [-0.15, -0.1) is 0 Å². The number of hydrazine groups is 1. The Balaban J connectivity index is 1.64. The summed E-state index contributed by atoms with van der Waals surface area (Å²) in [5.41, 5.74) is 6.99. The van der Waals surface area contributed by atoms with E-state index in [0.717, 1.165) is 32.5 Å². The van der Waals surface area contributed by atoms with E-state index in [9.17, 15) is 9.18 Å². The van der Waals surface area contributed by atoms with E-state index >= 15 is 0 Å². The summed E-state index contributed by atoms with van der Waals surface area (Å²) in [6.45, 7) is 5.51. The molecule has 0 aliphatic carbocycles. The molecular formula is C19H28FN3O3. The maximum atomic E-state index is 14.5. The molecule has 0 spiro atoms. The number of ether oxygens (including phenoxy) is 2. The Hall–Kier alpha value is -1.70. The molecule has 1 aromatic carbocycles. The number of nitrogens with zero attached hydrogens (tertiary/aromatic N) is 1. The van der Waals surface area contributed by atoms with Gasteiger partial charge in [-0.05, 0) is 32.4 Å². The van der Waals surface area contributed by atoms with Crippen LogP contribution in [0, 0.1) is 17.7 Å². The average molecular weight is 365 g/mol. The number of nitrogens with one attached hydrogen (secondary N) is 2. The zero-order valence-corrected chi connectivity index (χ0v) is 15.5. The normalized spacial score (nSPS) is 26.7. The molecule has 0 saturated carbocycles. The second kappa shape index (κ2) is 8.79. The fourth-order valence-corrected chi connectivity index (χ4v) is 3.93. The lowest BCUT2D eigenvalue weighted by atomic mass is 9.92. The molecule has 7 heteroatoms. The number of likely N-dealkylation sites (tertiary alicyclic amines) is 1. The van der Waals surface area contributed by atoms with E-state index in [1.165, 1.54) is 13.2 Å². The maximum absolute atomic E-state index is 14.5. The van der Waals surface area contributed by atoms with Crippen molar-refractivity contribution in [3.05, 3.63) is 29.6 Å². The second-order valence-corrected chi connectivity index (χ2v) is 7.00. The van der Waals surface area contributed by atoms with Crippen LogP contribution in [-0.4, -0.2) is 50.8 Å². The summed E-state index contributed by atoms with van der Waals surface area (Å²) in [5, 5.41) is 0. The summed E-state index contributed by atoms with van der Waals surface area (Å²) in [6, 6.07) is 4.88. The Labute approximate surface area is 154 Å². The molecule has 144 valence electrons. The lowest BCUT2D eigenvalue weighted by Crippen LogP contribution is -2.42. The van der Waals surface area contributed by atoms with E-state index in [-0.39, 0.29) is 29.7 Å². The van der Waals surface area contributed by atoms with E-state index in [0.29, 0.717) is 24.5 Å². The van der Waals surface area contributed by atoms with Crippen molar-refractivity contribution in [1.29, 1.82) is 0 Å². The summed E-state index contributed by atoms with van der Waals surface area (Å²) in [7, 11) is 1.53. The van der Waals surface area contributed by atoms with Gasteiger partial charge < -0.3 is 14.4 Å². The van der Waals surface area contributed by atoms with Gasteiger partial charge in [-0.2, -0.15) is 0 Å². The largest absolute Gasteiger partial charge is 0.497 e. The molecule has 3 unspecified atom stereocenters. The van der Waals surface area contributed by atoms with Gasteiger partial charge >= 0.3 is 5.97 Å². The van der Waals surface area contributed by atoms with Crippen LogP contribution in [0.3, 0.4) is 0 Å². The highest BCUT2D eigenvalue weighted by atomic mass is 19.1. The summed E-state index contributed by atoms with van der Waals surface area (Å²) >= 11 is 0. The lowest BCUT2D eigenvalue weighted by molar-refractivity contribution is -0.150. The third-order valence-corrected chi connectivity index (χ3v) is 5.25. The van der Waals surface area contributed by atoms with E-state index in [2.05, 4.69) is 15.8 Å². The van der Waals surface area contributed by atoms with Crippen molar-refractivity contribution >= 4 is 5.97 Å². The minimum Gasteiger partial charge on any atom is -0.497 e. The molecule has 2 saturated heterocycles. The third-order valence-electron chi connectivity index (χ3n) is 5.25. The quantitative estimate of drug-likeness (QED) is 0.751. The first-order valence-electron chi connectivity index (χ1n) is 9.33. The van der Waals surface area contributed by atoms with Gasteiger partial charge in [0.25, 0.3) is 0 Å². The van der Waals surface area contributed by atoms with Gasteiger partial charge in [0.1, 0.15) is 11.6 Å². The molecule has 3 rings (SSSR count). The van der Waals surface area contributed by atoms with Crippen molar-refractivity contribution < 1.29 is 18.7 Å². The Kier molecular flexibility index (Phi) is 6.45. The van der Waals surface area contributed by atoms with E-state index in [1.54, 1.807) is 12.1 Å². The van der Waals surface area contributed by atoms with Gasteiger partial charge in [0, 0.05) is 37.2 Å². The minimum atomic E-state index is -0.265. The topological polar surface area (TPSA) is 62.8 Å². The molecule has 0 bridgehead atoms. The summed E-state index contributed by atoms with van der Waals surface area (Å²) in [4.78, 5) is 14.3. The van der Waals surface area contributed by atoms with E-state index in [1.807, 2.05) is 6.92 Å². The predicted molar refractivity (Wildman–Crippen MR) is 96.1 cm³/mol. The first kappa shape index (κ1) is 19.1. The zero-order chi connectivity index (χ0) is 18.5. The molecule has 6 nitrogen and oxygen atoms in total. The van der Waals surface area contributed by atoms with Crippen LogP contribution >= 0.6 is 0 Å². The van der Waals surface area contributed by atoms with E-state index < -0.39 is 0 Å². The monoisotopic (exact) mass is 365 g/mol. The molecule has 2 aliphatic heterocycles. The third kappa shape index (κ3) is 4.34. The Bertz CT molecular complexity index is 628. The number of halogens is 1. The first-order chi connectivity index (χ1) is 12.6. The summed E-state index contributed by atoms with van der Waals surface area (Å²) in [5.74, 6) is 0.319. The van der Waals surface area contributed by atoms with Crippen LogP contribution in [0.2, 0.25) is 0 Å². The number of carbonyl (C=O) groups is 1. The van der Waals surface area contributed by atoms with Crippen LogP contribution in [0.15, 0.2) is 18.2 Å². The highest BCUT2D eigenvalue weighted by Crippen LogP contribution is 2.30. The summed E-state index contributed by atoms with van der Waals surface area (Å²) in [6.07, 6.45) is 1.87. The van der Waals surface area contributed by atoms with Crippen molar-refractivity contribution in [2.75, 3.05) is 39.9 Å². The van der Waals surface area contributed by atoms with Gasteiger partial charge in [0.05, 0.1) is 25.7 Å². The predicted octanol–water partition coefficient (Wildman–Crippen LogP) is 1.87. The molecule has 26 heavy (non-hydrogen) atoms. The number of hydrogen-bond acceptors (Lipinski definition) is 6. The maximum Gasteiger partial charge on any atom is 0.310 e. The van der Waals surface area contributed by atoms with Gasteiger partial charge in [0.15, 0.2) is 0 Å². The number of benzene rings is 1. The Morgan fingerprint density at radius 1 is 1.42 bits per heavy atom. The molecule has 0 aromatic heterocycles. The molecule has 1 aromatic rings. The average Bonchev–Trinajstić information content (AvgIpc) is 3.09. The van der Waals surface area contributed by atoms with Crippen LogP contribution in [0.25, 0.3) is 0 Å². The van der Waals surface area contributed by atoms with Crippen molar-refractivity contribution in [3.8, 4) is 5.75 Å². The van der Waals surface area contributed by atoms with Crippen LogP contribution in [0.1, 0.15) is 31.4 Å². The minimum absolute atomic E-state index is 0.0535. The molecule has 0 amide bonds. The Morgan fingerprint density at radius 3 is 3.00 bits per heavy atom. The molecule has 3 atom stereocenters. The van der Waals surface area contributed by atoms with Crippen molar-refractivity contribution in [1.82, 2.24) is 15.8 Å². The fraction of sp³-hybridized carbons (Fsp3) is 0.632. The van der Waals surface area contributed by atoms with Gasteiger partial charge in [0.2, 0.25) is 0 Å². The van der Waals surface area contributed by atoms with Crippen molar-refractivity contribution in [2.24, 2.45) is 11.8 Å². The number of rotatable bonds is 6. The van der Waals surface area contributed by atoms with Crippen molar-refractivity contribution in [2.45, 2.75) is 25.8 Å². The number of piperidine rings is 1. The number of hydrogen-bond donors (Lipinski definition) is 2. The molecule has 2 aliphatic rings. The summed E-state index contributed by atoms with van der Waals surface area (Å²) < 4.78 is 24.7. The van der Waals surface area contributed by atoms with Crippen LogP contribution < -0.4 is 15.6 Å². The smallest absolute Gasteiger partial charge is 0.310 e. The Morgan fingerprint density at radius 2 is 2.27 bits per heavy atom. The van der Waals surface area contributed by atoms with Crippen LogP contribution in [0.4, 0.5) is 4.39 Å². The van der Waals surface area contributed by atoms with Gasteiger partial charge in [-0.3, -0.25) is 10.2 Å². The van der Waals surface area contributed by atoms with Gasteiger partial charge in [-0.1, -0.05) is 6.07 Å². The molecule has 2 N–H and O–H groups in total. The molecule has 2 fully saturated rings. The zero-order valence-electron chi connectivity index (χ0n) is 15.5. The highest BCUT2D eigenvalue weighted by Gasteiger charge is 2.34. The number of esters is 1.